The SMILES string of the molecule is CCCc1ccccc1[C@@H]1C[C@H]1CC(=O)[Si](C)(C)C. The van der Waals surface area contributed by atoms with Crippen LogP contribution in [0.4, 0.5) is 0 Å². The summed E-state index contributed by atoms with van der Waals surface area (Å²) in [6, 6.07) is 8.81. The fourth-order valence-electron chi connectivity index (χ4n) is 2.79. The molecule has 19 heavy (non-hydrogen) atoms. The van der Waals surface area contributed by atoms with Crippen molar-refractivity contribution >= 4 is 13.5 Å². The second-order valence-corrected chi connectivity index (χ2v) is 12.0. The van der Waals surface area contributed by atoms with Crippen LogP contribution in [0, 0.1) is 5.92 Å². The lowest BCUT2D eigenvalue weighted by atomic mass is 9.98. The first-order chi connectivity index (χ1) is 8.93. The van der Waals surface area contributed by atoms with E-state index >= 15 is 0 Å². The van der Waals surface area contributed by atoms with E-state index in [1.165, 1.54) is 30.4 Å². The molecule has 0 radical (unpaired) electrons. The Bertz CT molecular complexity index is 459. The molecule has 1 nitrogen and oxygen atoms in total. The zero-order valence-corrected chi connectivity index (χ0v) is 13.7. The molecule has 0 bridgehead atoms. The van der Waals surface area contributed by atoms with Crippen LogP contribution in [-0.4, -0.2) is 13.5 Å². The third-order valence-electron chi connectivity index (χ3n) is 4.18. The van der Waals surface area contributed by atoms with E-state index in [0.717, 1.165) is 6.42 Å². The van der Waals surface area contributed by atoms with E-state index in [9.17, 15) is 4.79 Å². The number of hydrogen-bond acceptors (Lipinski definition) is 1. The standard InChI is InChI=1S/C17H26OSi/c1-5-8-13-9-6-7-10-15(13)16-11-14(16)12-17(18)19(2,3)4/h6-7,9-10,14,16H,5,8,11-12H2,1-4H3/t14-,16+/m0/s1. The molecular formula is C17H26OSi. The van der Waals surface area contributed by atoms with Gasteiger partial charge in [0.15, 0.2) is 0 Å². The Morgan fingerprint density at radius 1 is 1.26 bits per heavy atom. The number of aryl methyl sites for hydroxylation is 1. The molecule has 0 unspecified atom stereocenters. The zero-order valence-electron chi connectivity index (χ0n) is 12.7. The van der Waals surface area contributed by atoms with E-state index in [4.69, 9.17) is 0 Å². The van der Waals surface area contributed by atoms with Gasteiger partial charge in [-0.25, -0.2) is 0 Å². The van der Waals surface area contributed by atoms with Gasteiger partial charge < -0.3 is 4.79 Å². The maximum Gasteiger partial charge on any atom is 0.123 e. The van der Waals surface area contributed by atoms with Crippen LogP contribution in [0.1, 0.15) is 43.2 Å². The van der Waals surface area contributed by atoms with Crippen LogP contribution in [0.25, 0.3) is 0 Å². The van der Waals surface area contributed by atoms with Crippen molar-refractivity contribution in [3.8, 4) is 0 Å². The average Bonchev–Trinajstić information content (AvgIpc) is 3.08. The molecule has 2 atom stereocenters. The van der Waals surface area contributed by atoms with Gasteiger partial charge in [-0.3, -0.25) is 0 Å². The minimum Gasteiger partial charge on any atom is -0.305 e. The van der Waals surface area contributed by atoms with Crippen LogP contribution in [0.5, 0.6) is 0 Å². The molecule has 2 rings (SSSR count). The number of rotatable bonds is 6. The highest BCUT2D eigenvalue weighted by molar-refractivity contribution is 7.03. The monoisotopic (exact) mass is 274 g/mol. The normalized spacial score (nSPS) is 22.3. The Balaban J connectivity index is 2.01. The van der Waals surface area contributed by atoms with Crippen LogP contribution in [0.2, 0.25) is 19.6 Å². The quantitative estimate of drug-likeness (QED) is 0.694. The van der Waals surface area contributed by atoms with Gasteiger partial charge in [-0.15, -0.1) is 0 Å². The van der Waals surface area contributed by atoms with Gasteiger partial charge in [0.05, 0.1) is 0 Å². The summed E-state index contributed by atoms with van der Waals surface area (Å²) < 4.78 is 0. The van der Waals surface area contributed by atoms with E-state index in [1.807, 2.05) is 0 Å². The third-order valence-corrected chi connectivity index (χ3v) is 6.06. The van der Waals surface area contributed by atoms with Crippen molar-refractivity contribution in [3.05, 3.63) is 35.4 Å². The van der Waals surface area contributed by atoms with E-state index in [2.05, 4.69) is 50.8 Å². The minimum atomic E-state index is -1.58. The molecule has 0 amide bonds. The first-order valence-electron chi connectivity index (χ1n) is 7.54. The van der Waals surface area contributed by atoms with Crippen LogP contribution in [0.3, 0.4) is 0 Å². The van der Waals surface area contributed by atoms with Gasteiger partial charge in [0, 0.05) is 6.42 Å². The predicted molar refractivity (Wildman–Crippen MR) is 84.3 cm³/mol. The number of benzene rings is 1. The predicted octanol–water partition coefficient (Wildman–Crippen LogP) is 4.58. The summed E-state index contributed by atoms with van der Waals surface area (Å²) in [5, 5.41) is 0.549. The summed E-state index contributed by atoms with van der Waals surface area (Å²) >= 11 is 0. The molecule has 0 aromatic heterocycles. The maximum atomic E-state index is 12.2. The Morgan fingerprint density at radius 2 is 1.95 bits per heavy atom. The highest BCUT2D eigenvalue weighted by atomic mass is 28.3. The number of hydrogen-bond donors (Lipinski definition) is 0. The van der Waals surface area contributed by atoms with Crippen LogP contribution >= 0.6 is 0 Å². The lowest BCUT2D eigenvalue weighted by Gasteiger charge is -2.14. The molecule has 0 spiro atoms. The average molecular weight is 274 g/mol. The van der Waals surface area contributed by atoms with E-state index in [1.54, 1.807) is 0 Å². The fourth-order valence-corrected chi connectivity index (χ4v) is 3.67. The molecule has 1 saturated carbocycles. The number of carbonyl (C=O) groups excluding carboxylic acids is 1. The minimum absolute atomic E-state index is 0.549. The molecule has 0 saturated heterocycles. The molecule has 0 aliphatic heterocycles. The Kier molecular flexibility index (Phi) is 4.29. The summed E-state index contributed by atoms with van der Waals surface area (Å²) in [6.45, 7) is 8.73. The second-order valence-electron chi connectivity index (χ2n) is 6.93. The van der Waals surface area contributed by atoms with Crippen LogP contribution in [-0.2, 0) is 11.2 Å². The van der Waals surface area contributed by atoms with Gasteiger partial charge in [0.25, 0.3) is 0 Å². The first-order valence-corrected chi connectivity index (χ1v) is 11.0. The Labute approximate surface area is 118 Å². The van der Waals surface area contributed by atoms with Crippen LogP contribution < -0.4 is 0 Å². The molecule has 1 fully saturated rings. The lowest BCUT2D eigenvalue weighted by Crippen LogP contribution is -2.33. The smallest absolute Gasteiger partial charge is 0.123 e. The van der Waals surface area contributed by atoms with Crippen molar-refractivity contribution in [3.63, 3.8) is 0 Å². The van der Waals surface area contributed by atoms with Gasteiger partial charge in [-0.05, 0) is 35.8 Å². The highest BCUT2D eigenvalue weighted by Gasteiger charge is 2.42. The molecule has 0 N–H and O–H groups in total. The van der Waals surface area contributed by atoms with Crippen molar-refractivity contribution in [2.75, 3.05) is 0 Å². The zero-order chi connectivity index (χ0) is 14.0. The van der Waals surface area contributed by atoms with Crippen molar-refractivity contribution in [2.45, 2.75) is 58.2 Å². The highest BCUT2D eigenvalue weighted by Crippen LogP contribution is 2.51. The molecule has 1 aliphatic rings. The molecule has 1 aromatic rings. The summed E-state index contributed by atoms with van der Waals surface area (Å²) in [7, 11) is -1.58. The van der Waals surface area contributed by atoms with Crippen molar-refractivity contribution in [2.24, 2.45) is 5.92 Å². The van der Waals surface area contributed by atoms with Crippen molar-refractivity contribution < 1.29 is 4.79 Å². The van der Waals surface area contributed by atoms with E-state index in [0.29, 0.717) is 17.2 Å². The number of carbonyl (C=O) groups is 1. The van der Waals surface area contributed by atoms with Gasteiger partial charge in [-0.1, -0.05) is 57.3 Å². The summed E-state index contributed by atoms with van der Waals surface area (Å²) in [6.07, 6.45) is 4.40. The third kappa shape index (κ3) is 3.56. The summed E-state index contributed by atoms with van der Waals surface area (Å²) in [5.74, 6) is 1.28. The molecular weight excluding hydrogens is 248 g/mol. The van der Waals surface area contributed by atoms with E-state index < -0.39 is 8.07 Å². The van der Waals surface area contributed by atoms with Gasteiger partial charge in [0.2, 0.25) is 0 Å². The lowest BCUT2D eigenvalue weighted by molar-refractivity contribution is -0.113. The van der Waals surface area contributed by atoms with Gasteiger partial charge >= 0.3 is 0 Å². The fraction of sp³-hybridized carbons (Fsp3) is 0.588. The summed E-state index contributed by atoms with van der Waals surface area (Å²) in [4.78, 5) is 12.2. The molecule has 104 valence electrons. The Morgan fingerprint density at radius 3 is 2.58 bits per heavy atom. The first kappa shape index (κ1) is 14.5. The molecule has 1 aromatic carbocycles. The topological polar surface area (TPSA) is 17.1 Å². The van der Waals surface area contributed by atoms with Crippen molar-refractivity contribution in [1.29, 1.82) is 0 Å². The van der Waals surface area contributed by atoms with Gasteiger partial charge in [-0.2, -0.15) is 0 Å². The molecule has 2 heteroatoms. The maximum absolute atomic E-state index is 12.2. The van der Waals surface area contributed by atoms with E-state index in [-0.39, 0.29) is 0 Å². The van der Waals surface area contributed by atoms with Gasteiger partial charge in [0.1, 0.15) is 13.5 Å². The summed E-state index contributed by atoms with van der Waals surface area (Å²) in [5.41, 5.74) is 3.01. The van der Waals surface area contributed by atoms with Crippen molar-refractivity contribution in [1.82, 2.24) is 0 Å². The second kappa shape index (κ2) is 5.62. The Hall–Kier alpha value is -0.893. The molecule has 1 aliphatic carbocycles. The molecule has 0 heterocycles. The van der Waals surface area contributed by atoms with Crippen LogP contribution in [0.15, 0.2) is 24.3 Å². The largest absolute Gasteiger partial charge is 0.305 e.